The summed E-state index contributed by atoms with van der Waals surface area (Å²) >= 11 is 0. The summed E-state index contributed by atoms with van der Waals surface area (Å²) in [7, 11) is 0. The van der Waals surface area contributed by atoms with Crippen LogP contribution < -0.4 is 9.64 Å². The third-order valence-electron chi connectivity index (χ3n) is 8.98. The summed E-state index contributed by atoms with van der Waals surface area (Å²) in [5.74, 6) is 3.17. The Morgan fingerprint density at radius 1 is 0.814 bits per heavy atom. The number of aromatic nitrogens is 1. The van der Waals surface area contributed by atoms with Crippen LogP contribution in [0.1, 0.15) is 58.9 Å². The molecule has 2 atom stereocenters. The number of anilines is 3. The number of nitrogens with zero attached hydrogens (tertiary/aromatic N) is 3. The van der Waals surface area contributed by atoms with E-state index >= 15 is 0 Å². The summed E-state index contributed by atoms with van der Waals surface area (Å²) in [4.78, 5) is 12.1. The van der Waals surface area contributed by atoms with E-state index in [0.29, 0.717) is 5.90 Å². The van der Waals surface area contributed by atoms with E-state index in [2.05, 4.69) is 118 Å². The molecular formula is C38H33N3O2. The number of benzene rings is 4. The van der Waals surface area contributed by atoms with Crippen LogP contribution in [0, 0.1) is 13.8 Å². The molecule has 0 N–H and O–H groups in total. The maximum absolute atomic E-state index is 6.58. The number of ether oxygens (including phenoxy) is 2. The molecule has 0 saturated carbocycles. The van der Waals surface area contributed by atoms with Crippen LogP contribution in [-0.4, -0.2) is 16.9 Å². The fourth-order valence-corrected chi connectivity index (χ4v) is 7.00. The standard InChI is InChI=1S/C38H33N3O2/c1-23-16-26(37-40-33-21-25-10-5-6-11-30(25)35(33)43-37)20-28(18-23)42-29-19-24(2)17-27(22-29)41-34-14-8-7-12-31(34)38(3,4)32-13-9-15-39-36(32)41/h5-20,22,33,35H,21H2,1-4H3/t33-,35+/m1/s1. The van der Waals surface area contributed by atoms with Crippen LogP contribution in [0.15, 0.2) is 108 Å². The highest BCUT2D eigenvalue weighted by Crippen LogP contribution is 2.51. The minimum absolute atomic E-state index is 0.00991. The van der Waals surface area contributed by atoms with E-state index in [-0.39, 0.29) is 17.6 Å². The molecule has 212 valence electrons. The Labute approximate surface area is 252 Å². The van der Waals surface area contributed by atoms with Crippen molar-refractivity contribution in [1.29, 1.82) is 0 Å². The van der Waals surface area contributed by atoms with E-state index in [9.17, 15) is 0 Å². The van der Waals surface area contributed by atoms with Gasteiger partial charge in [-0.1, -0.05) is 62.4 Å². The molecule has 2 aliphatic heterocycles. The van der Waals surface area contributed by atoms with Gasteiger partial charge in [0.05, 0.1) is 17.4 Å². The SMILES string of the molecule is Cc1cc(Oc2cc(C)cc(N3c4ccccc4C(C)(C)c4cccnc43)c2)cc(C2=N[C@@H]3Cc4ccccc4[C@@H]3O2)c1. The van der Waals surface area contributed by atoms with Crippen molar-refractivity contribution in [3.63, 3.8) is 0 Å². The second-order valence-corrected chi connectivity index (χ2v) is 12.4. The lowest BCUT2D eigenvalue weighted by molar-refractivity contribution is 0.209. The van der Waals surface area contributed by atoms with Gasteiger partial charge in [0.25, 0.3) is 0 Å². The molecule has 0 radical (unpaired) electrons. The lowest BCUT2D eigenvalue weighted by Gasteiger charge is -2.41. The first-order valence-corrected chi connectivity index (χ1v) is 14.9. The summed E-state index contributed by atoms with van der Waals surface area (Å²) < 4.78 is 13.0. The Balaban J connectivity index is 1.14. The Kier molecular flexibility index (Phi) is 5.73. The van der Waals surface area contributed by atoms with Crippen molar-refractivity contribution >= 4 is 23.1 Å². The first-order chi connectivity index (χ1) is 20.8. The number of aryl methyl sites for hydroxylation is 2. The summed E-state index contributed by atoms with van der Waals surface area (Å²) in [6.07, 6.45) is 2.78. The molecule has 1 aliphatic carbocycles. The molecule has 0 unspecified atom stereocenters. The van der Waals surface area contributed by atoms with Gasteiger partial charge < -0.3 is 9.47 Å². The highest BCUT2D eigenvalue weighted by atomic mass is 16.5. The van der Waals surface area contributed by atoms with Gasteiger partial charge in [0.15, 0.2) is 0 Å². The molecule has 0 fully saturated rings. The molecule has 0 spiro atoms. The molecule has 5 nitrogen and oxygen atoms in total. The van der Waals surface area contributed by atoms with Crippen molar-refractivity contribution in [3.8, 4) is 11.5 Å². The summed E-state index contributed by atoms with van der Waals surface area (Å²) in [6, 6.07) is 34.1. The lowest BCUT2D eigenvalue weighted by atomic mass is 9.74. The zero-order valence-electron chi connectivity index (χ0n) is 24.8. The van der Waals surface area contributed by atoms with Crippen LogP contribution in [-0.2, 0) is 16.6 Å². The number of hydrogen-bond donors (Lipinski definition) is 0. The van der Waals surface area contributed by atoms with Crippen molar-refractivity contribution < 1.29 is 9.47 Å². The second-order valence-electron chi connectivity index (χ2n) is 12.4. The number of hydrogen-bond acceptors (Lipinski definition) is 5. The van der Waals surface area contributed by atoms with E-state index < -0.39 is 0 Å². The molecule has 43 heavy (non-hydrogen) atoms. The van der Waals surface area contributed by atoms with Crippen molar-refractivity contribution in [3.05, 3.63) is 142 Å². The average molecular weight is 564 g/mol. The molecule has 5 heteroatoms. The van der Waals surface area contributed by atoms with Crippen LogP contribution in [0.2, 0.25) is 0 Å². The number of pyridine rings is 1. The van der Waals surface area contributed by atoms with Crippen LogP contribution in [0.25, 0.3) is 0 Å². The predicted molar refractivity (Wildman–Crippen MR) is 171 cm³/mol. The Hall–Kier alpha value is -4.90. The smallest absolute Gasteiger partial charge is 0.217 e. The van der Waals surface area contributed by atoms with Crippen molar-refractivity contribution in [1.82, 2.24) is 4.98 Å². The van der Waals surface area contributed by atoms with Gasteiger partial charge >= 0.3 is 0 Å². The summed E-state index contributed by atoms with van der Waals surface area (Å²) in [5, 5.41) is 0. The molecule has 0 saturated heterocycles. The quantitative estimate of drug-likeness (QED) is 0.219. The lowest BCUT2D eigenvalue weighted by Crippen LogP contribution is -2.31. The fraction of sp³-hybridized carbons (Fsp3) is 0.211. The molecule has 8 rings (SSSR count). The number of fused-ring (bicyclic) bond motifs is 5. The second kappa shape index (κ2) is 9.56. The van der Waals surface area contributed by atoms with Gasteiger partial charge in [-0.15, -0.1) is 0 Å². The molecular weight excluding hydrogens is 530 g/mol. The van der Waals surface area contributed by atoms with Crippen LogP contribution in [0.5, 0.6) is 11.5 Å². The predicted octanol–water partition coefficient (Wildman–Crippen LogP) is 9.04. The highest BCUT2D eigenvalue weighted by molar-refractivity contribution is 5.96. The van der Waals surface area contributed by atoms with Gasteiger partial charge in [-0.2, -0.15) is 0 Å². The number of aliphatic imine (C=N–C) groups is 1. The first kappa shape index (κ1) is 25.8. The van der Waals surface area contributed by atoms with Crippen LogP contribution in [0.3, 0.4) is 0 Å². The molecule has 4 aromatic carbocycles. The first-order valence-electron chi connectivity index (χ1n) is 14.9. The van der Waals surface area contributed by atoms with Gasteiger partial charge in [0.2, 0.25) is 5.90 Å². The molecule has 1 aromatic heterocycles. The molecule has 0 bridgehead atoms. The average Bonchev–Trinajstić information content (AvgIpc) is 3.56. The molecule has 3 aliphatic rings. The van der Waals surface area contributed by atoms with E-state index in [1.165, 1.54) is 22.3 Å². The normalized spacial score (nSPS) is 19.1. The topological polar surface area (TPSA) is 47.0 Å². The van der Waals surface area contributed by atoms with Crippen molar-refractivity contribution in [2.24, 2.45) is 4.99 Å². The number of para-hydroxylation sites is 1. The van der Waals surface area contributed by atoms with E-state index in [4.69, 9.17) is 19.5 Å². The number of rotatable bonds is 4. The van der Waals surface area contributed by atoms with E-state index in [1.54, 1.807) is 0 Å². The Bertz CT molecular complexity index is 1890. The van der Waals surface area contributed by atoms with E-state index in [0.717, 1.165) is 51.8 Å². The van der Waals surface area contributed by atoms with Gasteiger partial charge in [0.1, 0.15) is 23.4 Å². The Morgan fingerprint density at radius 2 is 1.56 bits per heavy atom. The van der Waals surface area contributed by atoms with Gasteiger partial charge in [0, 0.05) is 28.8 Å². The zero-order valence-corrected chi connectivity index (χ0v) is 24.8. The molecule has 3 heterocycles. The van der Waals surface area contributed by atoms with Crippen LogP contribution in [0.4, 0.5) is 17.2 Å². The fourth-order valence-electron chi connectivity index (χ4n) is 7.00. The minimum Gasteiger partial charge on any atom is -0.467 e. The molecule has 5 aromatic rings. The van der Waals surface area contributed by atoms with Crippen molar-refractivity contribution in [2.45, 2.75) is 51.7 Å². The monoisotopic (exact) mass is 563 g/mol. The van der Waals surface area contributed by atoms with Crippen molar-refractivity contribution in [2.75, 3.05) is 4.90 Å². The largest absolute Gasteiger partial charge is 0.467 e. The third kappa shape index (κ3) is 4.22. The van der Waals surface area contributed by atoms with Crippen LogP contribution >= 0.6 is 0 Å². The van der Waals surface area contributed by atoms with E-state index in [1.807, 2.05) is 18.3 Å². The molecule has 0 amide bonds. The van der Waals surface area contributed by atoms with Gasteiger partial charge in [-0.3, -0.25) is 4.90 Å². The minimum atomic E-state index is -0.163. The third-order valence-corrected chi connectivity index (χ3v) is 8.98. The summed E-state index contributed by atoms with van der Waals surface area (Å²) in [6.45, 7) is 8.73. The highest BCUT2D eigenvalue weighted by Gasteiger charge is 2.40. The maximum atomic E-state index is 6.58. The summed E-state index contributed by atoms with van der Waals surface area (Å²) in [5.41, 5.74) is 10.2. The van der Waals surface area contributed by atoms with Gasteiger partial charge in [-0.25, -0.2) is 9.98 Å². The zero-order chi connectivity index (χ0) is 29.3. The van der Waals surface area contributed by atoms with Gasteiger partial charge in [-0.05, 0) is 90.6 Å². The maximum Gasteiger partial charge on any atom is 0.217 e. The Morgan fingerprint density at radius 3 is 2.44 bits per heavy atom.